The smallest absolute Gasteiger partial charge is 0.336 e. The first kappa shape index (κ1) is 35.4. The lowest BCUT2D eigenvalue weighted by atomic mass is 10.0. The van der Waals surface area contributed by atoms with E-state index in [0.717, 1.165) is 36.3 Å². The van der Waals surface area contributed by atoms with Gasteiger partial charge in [-0.2, -0.15) is 18.2 Å². The quantitative estimate of drug-likeness (QED) is 0.121. The lowest BCUT2D eigenvalue weighted by molar-refractivity contribution is -0.137. The molecule has 0 spiro atoms. The Labute approximate surface area is 281 Å². The van der Waals surface area contributed by atoms with Gasteiger partial charge < -0.3 is 14.4 Å². The van der Waals surface area contributed by atoms with E-state index in [2.05, 4.69) is 9.88 Å². The number of benzene rings is 4. The molecule has 5 aromatic rings. The van der Waals surface area contributed by atoms with Crippen LogP contribution in [0.2, 0.25) is 0 Å². The number of para-hydroxylation sites is 1. The van der Waals surface area contributed by atoms with Crippen LogP contribution in [0.3, 0.4) is 0 Å². The van der Waals surface area contributed by atoms with Crippen molar-refractivity contribution in [3.05, 3.63) is 135 Å². The summed E-state index contributed by atoms with van der Waals surface area (Å²) in [6, 6.07) is 22.7. The second-order valence-electron chi connectivity index (χ2n) is 11.8. The van der Waals surface area contributed by atoms with Gasteiger partial charge in [0, 0.05) is 31.6 Å². The van der Waals surface area contributed by atoms with Gasteiger partial charge >= 0.3 is 6.18 Å². The number of halogens is 5. The Balaban J connectivity index is 1.42. The Kier molecular flexibility index (Phi) is 11.2. The van der Waals surface area contributed by atoms with E-state index in [0.29, 0.717) is 29.6 Å². The van der Waals surface area contributed by atoms with Crippen LogP contribution in [-0.2, 0) is 36.9 Å². The number of carbonyl (C=O) groups is 1. The number of aryl methyl sites for hydroxylation is 1. The molecule has 0 aliphatic carbocycles. The fourth-order valence-corrected chi connectivity index (χ4v) is 5.85. The van der Waals surface area contributed by atoms with Crippen molar-refractivity contribution >= 4 is 16.8 Å². The molecule has 1 amide bonds. The Bertz CT molecular complexity index is 1930. The first-order valence-corrected chi connectivity index (χ1v) is 16.2. The number of nitrogens with zero attached hydrogens (tertiary/aromatic N) is 4. The Morgan fingerprint density at radius 1 is 0.776 bits per heavy atom. The molecular formula is C38H37F5N4O2. The number of carbonyl (C=O) groups excluding carboxylic acids is 1. The minimum Gasteiger partial charge on any atom is -0.336 e. The van der Waals surface area contributed by atoms with E-state index in [1.807, 2.05) is 38.1 Å². The Morgan fingerprint density at radius 3 is 2.00 bits per heavy atom. The van der Waals surface area contributed by atoms with Crippen molar-refractivity contribution in [1.82, 2.24) is 19.4 Å². The molecule has 0 fully saturated rings. The van der Waals surface area contributed by atoms with Crippen molar-refractivity contribution in [3.63, 3.8) is 0 Å². The first-order chi connectivity index (χ1) is 23.5. The van der Waals surface area contributed by atoms with Crippen molar-refractivity contribution in [2.24, 2.45) is 0 Å². The van der Waals surface area contributed by atoms with Gasteiger partial charge in [-0.3, -0.25) is 9.59 Å². The third-order valence-electron chi connectivity index (χ3n) is 8.73. The maximum absolute atomic E-state index is 14.5. The molecule has 0 aliphatic heterocycles. The fourth-order valence-electron chi connectivity index (χ4n) is 5.85. The molecule has 1 aromatic heterocycles. The van der Waals surface area contributed by atoms with E-state index in [1.165, 1.54) is 30.3 Å². The summed E-state index contributed by atoms with van der Waals surface area (Å²) in [5.41, 5.74) is 1.35. The summed E-state index contributed by atoms with van der Waals surface area (Å²) in [7, 11) is 0. The number of likely N-dealkylation sites (N-methyl/N-ethyl adjacent to an activating group) is 1. The number of aromatic nitrogens is 2. The van der Waals surface area contributed by atoms with Gasteiger partial charge in [0.15, 0.2) is 0 Å². The summed E-state index contributed by atoms with van der Waals surface area (Å²) in [6.45, 7) is 6.79. The summed E-state index contributed by atoms with van der Waals surface area (Å²) in [5.74, 6) is -1.40. The Morgan fingerprint density at radius 2 is 1.39 bits per heavy atom. The van der Waals surface area contributed by atoms with Gasteiger partial charge in [0.25, 0.3) is 5.56 Å². The van der Waals surface area contributed by atoms with Crippen LogP contribution < -0.4 is 5.56 Å². The van der Waals surface area contributed by atoms with Crippen LogP contribution in [-0.4, -0.2) is 51.4 Å². The second-order valence-corrected chi connectivity index (χ2v) is 11.8. The van der Waals surface area contributed by atoms with Gasteiger partial charge in [0.1, 0.15) is 24.0 Å². The van der Waals surface area contributed by atoms with Crippen LogP contribution in [0.1, 0.15) is 36.4 Å². The number of rotatable bonds is 13. The largest absolute Gasteiger partial charge is 0.416 e. The standard InChI is InChI=1S/C38H37F5N4O2/c1-3-45(4-2)22-23-46(24-26-12-14-27(15-13-26)28-16-18-29(19-17-28)38(41,42)43)36(48)25-47-34-11-6-5-8-31(34)37(49)44-35(47)21-20-30-32(39)9-7-10-33(30)40/h5-19H,3-4,20-25H2,1-2H3. The molecule has 49 heavy (non-hydrogen) atoms. The molecular weight excluding hydrogens is 639 g/mol. The SMILES string of the molecule is CCN(CC)CCN(Cc1ccc(-c2ccc(C(F)(F)F)cc2)cc1)C(=O)Cn1c(CCc2c(F)cccc2F)nc(=O)c2ccccc21. The van der Waals surface area contributed by atoms with Crippen molar-refractivity contribution in [2.45, 2.75) is 46.0 Å². The predicted octanol–water partition coefficient (Wildman–Crippen LogP) is 7.52. The normalized spacial score (nSPS) is 11.8. The predicted molar refractivity (Wildman–Crippen MR) is 180 cm³/mol. The highest BCUT2D eigenvalue weighted by atomic mass is 19.4. The van der Waals surface area contributed by atoms with Crippen molar-refractivity contribution < 1.29 is 26.7 Å². The van der Waals surface area contributed by atoms with E-state index >= 15 is 0 Å². The maximum Gasteiger partial charge on any atom is 0.416 e. The molecule has 256 valence electrons. The zero-order valence-corrected chi connectivity index (χ0v) is 27.3. The topological polar surface area (TPSA) is 58.4 Å². The molecule has 0 bridgehead atoms. The summed E-state index contributed by atoms with van der Waals surface area (Å²) < 4.78 is 69.7. The minimum atomic E-state index is -4.42. The number of amides is 1. The number of alkyl halides is 3. The van der Waals surface area contributed by atoms with Gasteiger partial charge in [-0.1, -0.05) is 68.4 Å². The summed E-state index contributed by atoms with van der Waals surface area (Å²) >= 11 is 0. The van der Waals surface area contributed by atoms with Crippen LogP contribution in [0.4, 0.5) is 22.0 Å². The number of hydrogen-bond acceptors (Lipinski definition) is 4. The zero-order chi connectivity index (χ0) is 35.1. The van der Waals surface area contributed by atoms with Gasteiger partial charge in [-0.15, -0.1) is 0 Å². The zero-order valence-electron chi connectivity index (χ0n) is 27.3. The first-order valence-electron chi connectivity index (χ1n) is 16.2. The van der Waals surface area contributed by atoms with Crippen molar-refractivity contribution in [2.75, 3.05) is 26.2 Å². The van der Waals surface area contributed by atoms with Crippen LogP contribution in [0.5, 0.6) is 0 Å². The van der Waals surface area contributed by atoms with E-state index < -0.39 is 28.9 Å². The molecule has 6 nitrogen and oxygen atoms in total. The average Bonchev–Trinajstić information content (AvgIpc) is 3.09. The van der Waals surface area contributed by atoms with Crippen LogP contribution in [0.25, 0.3) is 22.0 Å². The molecule has 11 heteroatoms. The molecule has 0 saturated heterocycles. The summed E-state index contributed by atoms with van der Waals surface area (Å²) in [4.78, 5) is 35.3. The van der Waals surface area contributed by atoms with Crippen molar-refractivity contribution in [1.29, 1.82) is 0 Å². The summed E-state index contributed by atoms with van der Waals surface area (Å²) in [6.07, 6.45) is -4.45. The van der Waals surface area contributed by atoms with E-state index in [4.69, 9.17) is 0 Å². The van der Waals surface area contributed by atoms with Crippen LogP contribution >= 0.6 is 0 Å². The number of fused-ring (bicyclic) bond motifs is 1. The molecule has 0 unspecified atom stereocenters. The molecule has 4 aromatic carbocycles. The van der Waals surface area contributed by atoms with Crippen LogP contribution in [0, 0.1) is 11.6 Å². The van der Waals surface area contributed by atoms with Crippen LogP contribution in [0.15, 0.2) is 95.8 Å². The molecule has 0 radical (unpaired) electrons. The molecule has 0 N–H and O–H groups in total. The molecule has 1 heterocycles. The monoisotopic (exact) mass is 676 g/mol. The number of hydrogen-bond donors (Lipinski definition) is 0. The van der Waals surface area contributed by atoms with Gasteiger partial charge in [0.05, 0.1) is 16.5 Å². The van der Waals surface area contributed by atoms with Gasteiger partial charge in [-0.25, -0.2) is 8.78 Å². The highest BCUT2D eigenvalue weighted by molar-refractivity contribution is 5.82. The van der Waals surface area contributed by atoms with E-state index in [-0.39, 0.29) is 43.2 Å². The molecule has 0 atom stereocenters. The third-order valence-corrected chi connectivity index (χ3v) is 8.73. The highest BCUT2D eigenvalue weighted by Gasteiger charge is 2.30. The lowest BCUT2D eigenvalue weighted by Gasteiger charge is -2.28. The molecule has 0 aliphatic rings. The maximum atomic E-state index is 14.5. The van der Waals surface area contributed by atoms with E-state index in [1.54, 1.807) is 33.7 Å². The summed E-state index contributed by atoms with van der Waals surface area (Å²) in [5, 5.41) is 0.324. The van der Waals surface area contributed by atoms with E-state index in [9.17, 15) is 31.5 Å². The second kappa shape index (κ2) is 15.5. The Hall–Kier alpha value is -4.90. The lowest BCUT2D eigenvalue weighted by Crippen LogP contribution is -2.40. The minimum absolute atomic E-state index is 0.0239. The fraction of sp³-hybridized carbons (Fsp3) is 0.289. The third kappa shape index (κ3) is 8.58. The molecule has 5 rings (SSSR count). The highest BCUT2D eigenvalue weighted by Crippen LogP contribution is 2.31. The molecule has 0 saturated carbocycles. The van der Waals surface area contributed by atoms with Gasteiger partial charge in [-0.05, 0) is 72.6 Å². The average molecular weight is 677 g/mol. The van der Waals surface area contributed by atoms with Gasteiger partial charge in [0.2, 0.25) is 5.91 Å². The van der Waals surface area contributed by atoms with Crippen molar-refractivity contribution in [3.8, 4) is 11.1 Å².